The van der Waals surface area contributed by atoms with Gasteiger partial charge in [-0.25, -0.2) is 0 Å². The molecule has 164 valence electrons. The van der Waals surface area contributed by atoms with E-state index in [0.29, 0.717) is 33.7 Å². The molecule has 0 saturated carbocycles. The average Bonchev–Trinajstić information content (AvgIpc) is 3.18. The van der Waals surface area contributed by atoms with Crippen LogP contribution in [0.25, 0.3) is 11.0 Å². The molecule has 0 N–H and O–H groups in total. The number of carbonyl (C=O) groups excluding carboxylic acids is 1. The molecule has 0 fully saturated rings. The first-order valence-corrected chi connectivity index (χ1v) is 11.0. The second-order valence-electron chi connectivity index (χ2n) is 8.07. The van der Waals surface area contributed by atoms with Crippen molar-refractivity contribution in [3.05, 3.63) is 136 Å². The van der Waals surface area contributed by atoms with Crippen molar-refractivity contribution in [1.29, 1.82) is 0 Å². The largest absolute Gasteiger partial charge is 0.457 e. The Balaban J connectivity index is 1.55. The minimum absolute atomic E-state index is 0.0759. The third-order valence-electron chi connectivity index (χ3n) is 5.96. The van der Waals surface area contributed by atoms with E-state index in [0.717, 1.165) is 5.56 Å². The summed E-state index contributed by atoms with van der Waals surface area (Å²) in [5, 5.41) is 0.450. The molecule has 5 nitrogen and oxygen atoms in total. The Labute approximate surface area is 195 Å². The normalized spacial score (nSPS) is 14.9. The summed E-state index contributed by atoms with van der Waals surface area (Å²) in [6, 6.07) is 32.6. The topological polar surface area (TPSA) is 59.8 Å². The number of amides is 1. The molecule has 6 rings (SSSR count). The molecular formula is C29H19NO4. The number of nitrogens with zero attached hydrogens (tertiary/aromatic N) is 1. The summed E-state index contributed by atoms with van der Waals surface area (Å²) >= 11 is 0. The van der Waals surface area contributed by atoms with Crippen LogP contribution in [0.5, 0.6) is 11.5 Å². The minimum Gasteiger partial charge on any atom is -0.457 e. The van der Waals surface area contributed by atoms with Crippen molar-refractivity contribution in [3.63, 3.8) is 0 Å². The maximum absolute atomic E-state index is 13.6. The van der Waals surface area contributed by atoms with Crippen molar-refractivity contribution in [2.24, 2.45) is 0 Å². The number of ether oxygens (including phenoxy) is 1. The predicted octanol–water partition coefficient (Wildman–Crippen LogP) is 6.34. The van der Waals surface area contributed by atoms with Crippen LogP contribution in [-0.4, -0.2) is 5.91 Å². The Morgan fingerprint density at radius 1 is 0.706 bits per heavy atom. The molecule has 1 aliphatic rings. The van der Waals surface area contributed by atoms with Gasteiger partial charge in [-0.2, -0.15) is 0 Å². The highest BCUT2D eigenvalue weighted by Crippen LogP contribution is 2.42. The molecule has 1 atom stereocenters. The first-order valence-electron chi connectivity index (χ1n) is 11.0. The van der Waals surface area contributed by atoms with Gasteiger partial charge in [-0.05, 0) is 54.1 Å². The molecule has 5 heteroatoms. The molecule has 0 radical (unpaired) electrons. The van der Waals surface area contributed by atoms with Gasteiger partial charge in [0.1, 0.15) is 17.1 Å². The summed E-state index contributed by atoms with van der Waals surface area (Å²) in [6.45, 7) is 0. The van der Waals surface area contributed by atoms with Gasteiger partial charge in [0.25, 0.3) is 5.91 Å². The summed E-state index contributed by atoms with van der Waals surface area (Å²) in [5.74, 6) is 1.05. The van der Waals surface area contributed by atoms with E-state index in [1.807, 2.05) is 84.9 Å². The van der Waals surface area contributed by atoms with Crippen molar-refractivity contribution in [1.82, 2.24) is 0 Å². The van der Waals surface area contributed by atoms with Gasteiger partial charge in [0.15, 0.2) is 5.43 Å². The minimum atomic E-state index is -0.648. The lowest BCUT2D eigenvalue weighted by atomic mass is 9.98. The highest BCUT2D eigenvalue weighted by Gasteiger charge is 2.43. The van der Waals surface area contributed by atoms with E-state index in [9.17, 15) is 9.59 Å². The molecule has 1 amide bonds. The quantitative estimate of drug-likeness (QED) is 0.324. The van der Waals surface area contributed by atoms with Crippen LogP contribution >= 0.6 is 0 Å². The SMILES string of the molecule is O=C1c2oc3ccccc3c(=O)c2C(c2cccc(Oc3ccccc3)c2)N1c1ccccc1. The van der Waals surface area contributed by atoms with Crippen LogP contribution in [0.2, 0.25) is 0 Å². The van der Waals surface area contributed by atoms with Crippen molar-refractivity contribution < 1.29 is 13.9 Å². The van der Waals surface area contributed by atoms with Gasteiger partial charge < -0.3 is 9.15 Å². The Morgan fingerprint density at radius 2 is 1.38 bits per heavy atom. The zero-order valence-corrected chi connectivity index (χ0v) is 18.0. The van der Waals surface area contributed by atoms with Crippen LogP contribution in [0.3, 0.4) is 0 Å². The molecule has 4 aromatic carbocycles. The fourth-order valence-corrected chi connectivity index (χ4v) is 4.46. The molecule has 0 spiro atoms. The third-order valence-corrected chi connectivity index (χ3v) is 5.96. The average molecular weight is 445 g/mol. The maximum Gasteiger partial charge on any atom is 0.295 e. The lowest BCUT2D eigenvalue weighted by Gasteiger charge is -2.25. The van der Waals surface area contributed by atoms with Gasteiger partial charge >= 0.3 is 0 Å². The Hall–Kier alpha value is -4.64. The van der Waals surface area contributed by atoms with Gasteiger partial charge in [0, 0.05) is 5.69 Å². The summed E-state index contributed by atoms with van der Waals surface area (Å²) in [7, 11) is 0. The van der Waals surface area contributed by atoms with E-state index in [4.69, 9.17) is 9.15 Å². The van der Waals surface area contributed by atoms with Crippen LogP contribution in [0.15, 0.2) is 118 Å². The zero-order valence-electron chi connectivity index (χ0n) is 18.0. The molecule has 34 heavy (non-hydrogen) atoms. The number of hydrogen-bond donors (Lipinski definition) is 0. The number of para-hydroxylation sites is 3. The molecule has 0 bridgehead atoms. The summed E-state index contributed by atoms with van der Waals surface area (Å²) < 4.78 is 12.0. The van der Waals surface area contributed by atoms with Crippen molar-refractivity contribution >= 4 is 22.6 Å². The van der Waals surface area contributed by atoms with Crippen LogP contribution < -0.4 is 15.1 Å². The first-order chi connectivity index (χ1) is 16.7. The zero-order chi connectivity index (χ0) is 23.1. The third kappa shape index (κ3) is 3.26. The summed E-state index contributed by atoms with van der Waals surface area (Å²) in [5.41, 5.74) is 1.97. The van der Waals surface area contributed by atoms with E-state index in [-0.39, 0.29) is 17.1 Å². The monoisotopic (exact) mass is 445 g/mol. The second-order valence-corrected chi connectivity index (χ2v) is 8.07. The molecule has 1 aliphatic heterocycles. The van der Waals surface area contributed by atoms with Crippen molar-refractivity contribution in [2.45, 2.75) is 6.04 Å². The fourth-order valence-electron chi connectivity index (χ4n) is 4.46. The van der Waals surface area contributed by atoms with E-state index in [2.05, 4.69) is 0 Å². The molecular weight excluding hydrogens is 426 g/mol. The van der Waals surface area contributed by atoms with Crippen LogP contribution in [0, 0.1) is 0 Å². The van der Waals surface area contributed by atoms with E-state index < -0.39 is 6.04 Å². The number of anilines is 1. The number of hydrogen-bond acceptors (Lipinski definition) is 4. The van der Waals surface area contributed by atoms with E-state index in [1.165, 1.54) is 0 Å². The number of carbonyl (C=O) groups is 1. The standard InChI is InChI=1S/C29H19NO4/c31-27-23-16-7-8-17-24(23)34-28-25(27)26(30(29(28)32)20-11-3-1-4-12-20)19-10-9-15-22(18-19)33-21-13-5-2-6-14-21/h1-18,26H. The summed E-state index contributed by atoms with van der Waals surface area (Å²) in [6.07, 6.45) is 0. The number of fused-ring (bicyclic) bond motifs is 2. The molecule has 2 heterocycles. The molecule has 5 aromatic rings. The Morgan fingerprint density at radius 3 is 2.18 bits per heavy atom. The van der Waals surface area contributed by atoms with E-state index in [1.54, 1.807) is 29.2 Å². The molecule has 1 unspecified atom stereocenters. The van der Waals surface area contributed by atoms with Crippen molar-refractivity contribution in [2.75, 3.05) is 4.90 Å². The fraction of sp³-hybridized carbons (Fsp3) is 0.0345. The smallest absolute Gasteiger partial charge is 0.295 e. The van der Waals surface area contributed by atoms with Gasteiger partial charge in [0.2, 0.25) is 5.76 Å². The van der Waals surface area contributed by atoms with Gasteiger partial charge in [0.05, 0.1) is 17.0 Å². The highest BCUT2D eigenvalue weighted by molar-refractivity contribution is 6.10. The first kappa shape index (κ1) is 20.0. The molecule has 0 saturated heterocycles. The van der Waals surface area contributed by atoms with E-state index >= 15 is 0 Å². The highest BCUT2D eigenvalue weighted by atomic mass is 16.5. The molecule has 0 aliphatic carbocycles. The lowest BCUT2D eigenvalue weighted by Crippen LogP contribution is -2.29. The van der Waals surface area contributed by atoms with Gasteiger partial charge in [-0.3, -0.25) is 14.5 Å². The van der Waals surface area contributed by atoms with Crippen LogP contribution in [0.4, 0.5) is 5.69 Å². The van der Waals surface area contributed by atoms with Crippen LogP contribution in [0.1, 0.15) is 27.7 Å². The Bertz CT molecular complexity index is 1570. The van der Waals surface area contributed by atoms with Crippen molar-refractivity contribution in [3.8, 4) is 11.5 Å². The molecule has 1 aromatic heterocycles. The Kier molecular flexibility index (Phi) is 4.73. The van der Waals surface area contributed by atoms with Crippen LogP contribution in [-0.2, 0) is 0 Å². The number of benzene rings is 4. The lowest BCUT2D eigenvalue weighted by molar-refractivity contribution is 0.0971. The second kappa shape index (κ2) is 8.05. The van der Waals surface area contributed by atoms with Gasteiger partial charge in [-0.1, -0.05) is 60.7 Å². The summed E-state index contributed by atoms with van der Waals surface area (Å²) in [4.78, 5) is 28.9. The number of rotatable bonds is 4. The maximum atomic E-state index is 13.6. The van der Waals surface area contributed by atoms with Gasteiger partial charge in [-0.15, -0.1) is 0 Å². The predicted molar refractivity (Wildman–Crippen MR) is 131 cm³/mol.